The van der Waals surface area contributed by atoms with Crippen LogP contribution in [0.2, 0.25) is 0 Å². The van der Waals surface area contributed by atoms with E-state index in [-0.39, 0.29) is 0 Å². The van der Waals surface area contributed by atoms with Gasteiger partial charge in [-0.05, 0) is 41.5 Å². The molecular formula is C11H26N2S. The number of hydrogen-bond donors (Lipinski definition) is 1. The van der Waals surface area contributed by atoms with Gasteiger partial charge in [-0.2, -0.15) is 0 Å². The smallest absolute Gasteiger partial charge is 0.0218 e. The molecule has 0 saturated heterocycles. The van der Waals surface area contributed by atoms with Crippen molar-refractivity contribution in [3.8, 4) is 0 Å². The minimum absolute atomic E-state index is 0.513. The summed E-state index contributed by atoms with van der Waals surface area (Å²) >= 11 is 4.44. The van der Waals surface area contributed by atoms with E-state index in [9.17, 15) is 0 Å². The van der Waals surface area contributed by atoms with Crippen molar-refractivity contribution in [1.29, 1.82) is 0 Å². The molecule has 0 aliphatic rings. The number of rotatable bonds is 6. The fourth-order valence-electron chi connectivity index (χ4n) is 1.59. The molecule has 0 fully saturated rings. The van der Waals surface area contributed by atoms with E-state index in [2.05, 4.69) is 63.6 Å². The first kappa shape index (κ1) is 14.3. The first-order valence-electron chi connectivity index (χ1n) is 5.57. The molecule has 0 heterocycles. The highest BCUT2D eigenvalue weighted by Gasteiger charge is 2.14. The molecule has 0 aromatic carbocycles. The Morgan fingerprint density at radius 1 is 0.786 bits per heavy atom. The quantitative estimate of drug-likeness (QED) is 0.685. The van der Waals surface area contributed by atoms with Gasteiger partial charge in [-0.3, -0.25) is 4.90 Å². The van der Waals surface area contributed by atoms with Crippen molar-refractivity contribution in [3.63, 3.8) is 0 Å². The van der Waals surface area contributed by atoms with Gasteiger partial charge in [0.25, 0.3) is 0 Å². The molecule has 0 atom stereocenters. The van der Waals surface area contributed by atoms with Gasteiger partial charge in [-0.15, -0.1) is 0 Å². The van der Waals surface area contributed by atoms with Gasteiger partial charge in [0.2, 0.25) is 0 Å². The summed E-state index contributed by atoms with van der Waals surface area (Å²) in [6.07, 6.45) is 0. The van der Waals surface area contributed by atoms with Crippen LogP contribution in [-0.2, 0) is 0 Å². The van der Waals surface area contributed by atoms with Gasteiger partial charge in [-0.25, -0.2) is 4.31 Å². The van der Waals surface area contributed by atoms with E-state index >= 15 is 0 Å². The molecule has 86 valence electrons. The van der Waals surface area contributed by atoms with E-state index < -0.39 is 0 Å². The van der Waals surface area contributed by atoms with Crippen molar-refractivity contribution in [2.24, 2.45) is 0 Å². The molecule has 0 radical (unpaired) electrons. The molecule has 3 heteroatoms. The topological polar surface area (TPSA) is 6.48 Å². The second-order valence-corrected chi connectivity index (χ2v) is 5.20. The molecule has 0 aromatic rings. The average Bonchev–Trinajstić information content (AvgIpc) is 2.02. The van der Waals surface area contributed by atoms with Crippen LogP contribution in [0.4, 0.5) is 0 Å². The van der Waals surface area contributed by atoms with Crippen LogP contribution in [0.3, 0.4) is 0 Å². The Morgan fingerprint density at radius 2 is 1.21 bits per heavy atom. The SMILES string of the molecule is CC(C)N(S)CCN(C(C)C)C(C)C. The lowest BCUT2D eigenvalue weighted by atomic mass is 10.2. The second-order valence-electron chi connectivity index (χ2n) is 4.68. The molecule has 0 amide bonds. The molecule has 0 aliphatic carbocycles. The lowest BCUT2D eigenvalue weighted by Crippen LogP contribution is -2.41. The van der Waals surface area contributed by atoms with Gasteiger partial charge >= 0.3 is 0 Å². The van der Waals surface area contributed by atoms with E-state index in [0.29, 0.717) is 18.1 Å². The van der Waals surface area contributed by atoms with E-state index in [1.807, 2.05) is 0 Å². The lowest BCUT2D eigenvalue weighted by molar-refractivity contribution is 0.162. The maximum Gasteiger partial charge on any atom is 0.0218 e. The summed E-state index contributed by atoms with van der Waals surface area (Å²) in [4.78, 5) is 2.49. The Morgan fingerprint density at radius 3 is 1.50 bits per heavy atom. The summed E-state index contributed by atoms with van der Waals surface area (Å²) in [5.41, 5.74) is 0. The molecule has 0 N–H and O–H groups in total. The van der Waals surface area contributed by atoms with Crippen LogP contribution in [0.1, 0.15) is 41.5 Å². The summed E-state index contributed by atoms with van der Waals surface area (Å²) in [6.45, 7) is 15.4. The number of thiol groups is 1. The molecule has 2 nitrogen and oxygen atoms in total. The Kier molecular flexibility index (Phi) is 6.83. The Bertz CT molecular complexity index is 138. The predicted octanol–water partition coefficient (Wildman–Crippen LogP) is 2.66. The van der Waals surface area contributed by atoms with Crippen molar-refractivity contribution < 1.29 is 0 Å². The zero-order chi connectivity index (χ0) is 11.3. The highest BCUT2D eigenvalue weighted by molar-refractivity contribution is 7.77. The first-order chi connectivity index (χ1) is 6.36. The van der Waals surface area contributed by atoms with Crippen LogP contribution in [0.5, 0.6) is 0 Å². The first-order valence-corrected chi connectivity index (χ1v) is 5.97. The fourth-order valence-corrected chi connectivity index (χ4v) is 1.68. The molecule has 14 heavy (non-hydrogen) atoms. The van der Waals surface area contributed by atoms with Crippen LogP contribution in [0.15, 0.2) is 0 Å². The second kappa shape index (κ2) is 6.70. The average molecular weight is 218 g/mol. The molecule has 0 rings (SSSR count). The summed E-state index contributed by atoms with van der Waals surface area (Å²) in [7, 11) is 0. The third-order valence-corrected chi connectivity index (χ3v) is 3.17. The van der Waals surface area contributed by atoms with Crippen molar-refractivity contribution in [1.82, 2.24) is 9.21 Å². The van der Waals surface area contributed by atoms with Crippen LogP contribution in [0, 0.1) is 0 Å². The molecular weight excluding hydrogens is 192 g/mol. The zero-order valence-electron chi connectivity index (χ0n) is 10.5. The molecule has 0 aliphatic heterocycles. The molecule has 0 spiro atoms. The molecule has 0 saturated carbocycles. The van der Waals surface area contributed by atoms with Crippen molar-refractivity contribution in [2.75, 3.05) is 13.1 Å². The monoisotopic (exact) mass is 218 g/mol. The highest BCUT2D eigenvalue weighted by atomic mass is 32.1. The van der Waals surface area contributed by atoms with E-state index in [4.69, 9.17) is 0 Å². The van der Waals surface area contributed by atoms with Gasteiger partial charge in [0, 0.05) is 31.2 Å². The van der Waals surface area contributed by atoms with E-state index in [1.165, 1.54) is 0 Å². The van der Waals surface area contributed by atoms with Crippen LogP contribution >= 0.6 is 12.8 Å². The van der Waals surface area contributed by atoms with Gasteiger partial charge in [0.1, 0.15) is 0 Å². The third-order valence-electron chi connectivity index (χ3n) is 2.51. The van der Waals surface area contributed by atoms with Crippen molar-refractivity contribution in [3.05, 3.63) is 0 Å². The summed E-state index contributed by atoms with van der Waals surface area (Å²) in [5, 5.41) is 0. The standard InChI is InChI=1S/C11H26N2S/c1-9(2)12(10(3)4)7-8-13(14)11(5)6/h9-11,14H,7-8H2,1-6H3. The zero-order valence-corrected chi connectivity index (χ0v) is 11.4. The van der Waals surface area contributed by atoms with E-state index in [0.717, 1.165) is 13.1 Å². The maximum atomic E-state index is 4.44. The predicted molar refractivity (Wildman–Crippen MR) is 67.8 cm³/mol. The number of hydrogen-bond acceptors (Lipinski definition) is 3. The Hall–Kier alpha value is 0.270. The Balaban J connectivity index is 3.94. The molecule has 0 unspecified atom stereocenters. The van der Waals surface area contributed by atoms with Gasteiger partial charge in [0.15, 0.2) is 0 Å². The van der Waals surface area contributed by atoms with Crippen LogP contribution < -0.4 is 0 Å². The Labute approximate surface area is 95.2 Å². The summed E-state index contributed by atoms with van der Waals surface area (Å²) in [6, 6.07) is 1.74. The van der Waals surface area contributed by atoms with Crippen molar-refractivity contribution >= 4 is 12.8 Å². The summed E-state index contributed by atoms with van der Waals surface area (Å²) in [5.74, 6) is 0. The van der Waals surface area contributed by atoms with Crippen molar-refractivity contribution in [2.45, 2.75) is 59.7 Å². The van der Waals surface area contributed by atoms with Gasteiger partial charge in [-0.1, -0.05) is 12.8 Å². The molecule has 0 aromatic heterocycles. The highest BCUT2D eigenvalue weighted by Crippen LogP contribution is 2.07. The fraction of sp³-hybridized carbons (Fsp3) is 1.00. The minimum Gasteiger partial charge on any atom is -0.297 e. The largest absolute Gasteiger partial charge is 0.297 e. The van der Waals surface area contributed by atoms with E-state index in [1.54, 1.807) is 0 Å². The lowest BCUT2D eigenvalue weighted by Gasteiger charge is -2.32. The normalized spacial score (nSPS) is 12.9. The number of nitrogens with zero attached hydrogens (tertiary/aromatic N) is 2. The van der Waals surface area contributed by atoms with Gasteiger partial charge in [0.05, 0.1) is 0 Å². The van der Waals surface area contributed by atoms with Crippen LogP contribution in [0.25, 0.3) is 0 Å². The third kappa shape index (κ3) is 5.23. The van der Waals surface area contributed by atoms with Crippen LogP contribution in [-0.4, -0.2) is 40.4 Å². The van der Waals surface area contributed by atoms with Gasteiger partial charge < -0.3 is 0 Å². The molecule has 0 bridgehead atoms. The summed E-state index contributed by atoms with van der Waals surface area (Å²) < 4.78 is 2.10. The maximum absolute atomic E-state index is 4.44. The minimum atomic E-state index is 0.513.